The lowest BCUT2D eigenvalue weighted by molar-refractivity contribution is 0.0500. The highest BCUT2D eigenvalue weighted by Gasteiger charge is 2.21. The second-order valence-corrected chi connectivity index (χ2v) is 5.41. The monoisotopic (exact) mass is 343 g/mol. The number of hydrogen-bond donors (Lipinski definition) is 0. The molecule has 6 nitrogen and oxygen atoms in total. The van der Waals surface area contributed by atoms with Crippen molar-refractivity contribution in [2.75, 3.05) is 13.9 Å². The molecule has 25 heavy (non-hydrogen) atoms. The number of pyridine rings is 1. The van der Waals surface area contributed by atoms with Gasteiger partial charge in [-0.2, -0.15) is 0 Å². The lowest BCUT2D eigenvalue weighted by Gasteiger charge is -2.17. The van der Waals surface area contributed by atoms with Crippen LogP contribution in [0.1, 0.15) is 46.5 Å². The Morgan fingerprint density at radius 2 is 2.00 bits per heavy atom. The third-order valence-corrected chi connectivity index (χ3v) is 3.52. The summed E-state index contributed by atoms with van der Waals surface area (Å²) in [6.45, 7) is 3.49. The van der Waals surface area contributed by atoms with Crippen molar-refractivity contribution >= 4 is 11.8 Å². The molecular formula is C19H21NO5. The third-order valence-electron chi connectivity index (χ3n) is 3.52. The maximum atomic E-state index is 12.4. The Hall–Kier alpha value is -2.73. The first kappa shape index (κ1) is 18.6. The van der Waals surface area contributed by atoms with Gasteiger partial charge in [0.1, 0.15) is 11.5 Å². The van der Waals surface area contributed by atoms with E-state index in [0.29, 0.717) is 28.9 Å². The van der Waals surface area contributed by atoms with Crippen molar-refractivity contribution in [3.63, 3.8) is 0 Å². The van der Waals surface area contributed by atoms with Gasteiger partial charge in [0.15, 0.2) is 12.6 Å². The molecule has 0 aliphatic carbocycles. The predicted molar refractivity (Wildman–Crippen MR) is 92.1 cm³/mol. The quantitative estimate of drug-likeness (QED) is 0.316. The summed E-state index contributed by atoms with van der Waals surface area (Å²) >= 11 is 0. The molecule has 0 aliphatic rings. The fourth-order valence-electron chi connectivity index (χ4n) is 2.38. The number of esters is 1. The molecule has 0 saturated heterocycles. The van der Waals surface area contributed by atoms with E-state index in [1.165, 1.54) is 20.2 Å². The number of aromatic nitrogens is 1. The van der Waals surface area contributed by atoms with Crippen molar-refractivity contribution in [1.29, 1.82) is 0 Å². The first-order valence-corrected chi connectivity index (χ1v) is 7.99. The number of carbonyl (C=O) groups is 2. The number of methoxy groups -OCH3 is 1. The van der Waals surface area contributed by atoms with Crippen molar-refractivity contribution in [2.45, 2.75) is 26.7 Å². The first-order valence-electron chi connectivity index (χ1n) is 7.99. The Bertz CT molecular complexity index is 743. The molecule has 0 saturated carbocycles. The molecule has 0 atom stereocenters. The van der Waals surface area contributed by atoms with Gasteiger partial charge in [-0.3, -0.25) is 9.78 Å². The van der Waals surface area contributed by atoms with Gasteiger partial charge in [-0.05, 0) is 37.6 Å². The van der Waals surface area contributed by atoms with Gasteiger partial charge in [-0.1, -0.05) is 13.3 Å². The number of Topliss-reactive ketones (excluding diaryl/α,β-unsaturated/α-hetero) is 1. The smallest absolute Gasteiger partial charge is 0.345 e. The maximum Gasteiger partial charge on any atom is 0.345 e. The Labute approximate surface area is 146 Å². The number of benzene rings is 1. The lowest BCUT2D eigenvalue weighted by atomic mass is 10.0. The van der Waals surface area contributed by atoms with Gasteiger partial charge in [0, 0.05) is 25.1 Å². The molecule has 0 amide bonds. The summed E-state index contributed by atoms with van der Waals surface area (Å²) in [7, 11) is 1.52. The number of ketones is 1. The fourth-order valence-corrected chi connectivity index (χ4v) is 2.38. The zero-order valence-electron chi connectivity index (χ0n) is 14.6. The number of rotatable bonds is 8. The highest BCUT2D eigenvalue weighted by Crippen LogP contribution is 2.34. The Morgan fingerprint density at radius 3 is 2.60 bits per heavy atom. The summed E-state index contributed by atoms with van der Waals surface area (Å²) in [6, 6.07) is 6.54. The minimum Gasteiger partial charge on any atom is -0.467 e. The second kappa shape index (κ2) is 8.94. The molecule has 2 aromatic rings. The highest BCUT2D eigenvalue weighted by atomic mass is 16.7. The first-order chi connectivity index (χ1) is 12.1. The molecule has 0 bridgehead atoms. The fraction of sp³-hybridized carbons (Fsp3) is 0.316. The van der Waals surface area contributed by atoms with Crippen molar-refractivity contribution in [2.24, 2.45) is 0 Å². The minimum atomic E-state index is -0.572. The number of ether oxygens (including phenoxy) is 3. The Kier molecular flexibility index (Phi) is 6.65. The van der Waals surface area contributed by atoms with E-state index in [4.69, 9.17) is 14.2 Å². The zero-order chi connectivity index (χ0) is 18.2. The van der Waals surface area contributed by atoms with E-state index in [9.17, 15) is 9.59 Å². The molecule has 0 unspecified atom stereocenters. The molecule has 0 fully saturated rings. The van der Waals surface area contributed by atoms with Gasteiger partial charge in [-0.15, -0.1) is 0 Å². The van der Waals surface area contributed by atoms with Crippen LogP contribution < -0.4 is 9.47 Å². The van der Waals surface area contributed by atoms with Gasteiger partial charge in [0.2, 0.25) is 0 Å². The molecule has 0 N–H and O–H groups in total. The molecule has 0 aliphatic heterocycles. The number of carbonyl (C=O) groups excluding carboxylic acids is 2. The van der Waals surface area contributed by atoms with E-state index < -0.39 is 5.97 Å². The standard InChI is InChI=1S/C19H21NO5/c1-4-6-16-17(24-12-23-3)9-8-15(13(2)21)18(16)25-19(22)14-7-5-10-20-11-14/h5,7-11H,4,6,12H2,1-3H3. The molecule has 1 aromatic heterocycles. The van der Waals surface area contributed by atoms with E-state index in [2.05, 4.69) is 4.98 Å². The second-order valence-electron chi connectivity index (χ2n) is 5.41. The topological polar surface area (TPSA) is 74.7 Å². The molecule has 1 aromatic carbocycles. The maximum absolute atomic E-state index is 12.4. The SMILES string of the molecule is CCCc1c(OCOC)ccc(C(C)=O)c1OC(=O)c1cccnc1. The summed E-state index contributed by atoms with van der Waals surface area (Å²) in [5.74, 6) is 0.000897. The van der Waals surface area contributed by atoms with Crippen LogP contribution in [-0.2, 0) is 11.2 Å². The van der Waals surface area contributed by atoms with Gasteiger partial charge < -0.3 is 14.2 Å². The van der Waals surface area contributed by atoms with Crippen LogP contribution in [0.2, 0.25) is 0 Å². The lowest BCUT2D eigenvalue weighted by Crippen LogP contribution is -2.14. The summed E-state index contributed by atoms with van der Waals surface area (Å²) in [5.41, 5.74) is 1.32. The highest BCUT2D eigenvalue weighted by molar-refractivity contribution is 5.99. The predicted octanol–water partition coefficient (Wildman–Crippen LogP) is 3.44. The van der Waals surface area contributed by atoms with Crippen LogP contribution in [-0.4, -0.2) is 30.6 Å². The Balaban J connectivity index is 2.47. The number of nitrogens with zero attached hydrogens (tertiary/aromatic N) is 1. The van der Waals surface area contributed by atoms with Crippen LogP contribution in [0, 0.1) is 0 Å². The van der Waals surface area contributed by atoms with Crippen molar-refractivity contribution in [3.05, 3.63) is 53.3 Å². The molecule has 0 radical (unpaired) electrons. The van der Waals surface area contributed by atoms with Gasteiger partial charge in [0.25, 0.3) is 0 Å². The molecule has 1 heterocycles. The van der Waals surface area contributed by atoms with Crippen LogP contribution in [0.3, 0.4) is 0 Å². The van der Waals surface area contributed by atoms with E-state index >= 15 is 0 Å². The van der Waals surface area contributed by atoms with Crippen LogP contribution in [0.15, 0.2) is 36.7 Å². The van der Waals surface area contributed by atoms with Gasteiger partial charge >= 0.3 is 5.97 Å². The van der Waals surface area contributed by atoms with E-state index in [-0.39, 0.29) is 18.3 Å². The molecule has 132 valence electrons. The normalized spacial score (nSPS) is 10.4. The summed E-state index contributed by atoms with van der Waals surface area (Å²) in [5, 5.41) is 0. The molecule has 2 rings (SSSR count). The van der Waals surface area contributed by atoms with Crippen LogP contribution in [0.4, 0.5) is 0 Å². The summed E-state index contributed by atoms with van der Waals surface area (Å²) < 4.78 is 16.1. The summed E-state index contributed by atoms with van der Waals surface area (Å²) in [6.07, 6.45) is 4.37. The van der Waals surface area contributed by atoms with E-state index in [1.807, 2.05) is 6.92 Å². The average Bonchev–Trinajstić information content (AvgIpc) is 2.62. The molecule has 6 heteroatoms. The summed E-state index contributed by atoms with van der Waals surface area (Å²) in [4.78, 5) is 28.3. The van der Waals surface area contributed by atoms with E-state index in [1.54, 1.807) is 30.5 Å². The van der Waals surface area contributed by atoms with Crippen LogP contribution >= 0.6 is 0 Å². The molecule has 0 spiro atoms. The Morgan fingerprint density at radius 1 is 1.20 bits per heavy atom. The largest absolute Gasteiger partial charge is 0.467 e. The van der Waals surface area contributed by atoms with Crippen molar-refractivity contribution in [1.82, 2.24) is 4.98 Å². The van der Waals surface area contributed by atoms with Crippen LogP contribution in [0.25, 0.3) is 0 Å². The molecular weight excluding hydrogens is 322 g/mol. The van der Waals surface area contributed by atoms with Crippen LogP contribution in [0.5, 0.6) is 11.5 Å². The van der Waals surface area contributed by atoms with E-state index in [0.717, 1.165) is 6.42 Å². The van der Waals surface area contributed by atoms with Crippen molar-refractivity contribution in [3.8, 4) is 11.5 Å². The zero-order valence-corrected chi connectivity index (χ0v) is 14.6. The van der Waals surface area contributed by atoms with Crippen molar-refractivity contribution < 1.29 is 23.8 Å². The minimum absolute atomic E-state index is 0.0616. The number of hydrogen-bond acceptors (Lipinski definition) is 6. The van der Waals surface area contributed by atoms with Gasteiger partial charge in [-0.25, -0.2) is 4.79 Å². The van der Waals surface area contributed by atoms with Gasteiger partial charge in [0.05, 0.1) is 11.1 Å². The average molecular weight is 343 g/mol. The third kappa shape index (κ3) is 4.64.